The molecule has 0 bridgehead atoms. The first-order valence-corrected chi connectivity index (χ1v) is 5.31. The summed E-state index contributed by atoms with van der Waals surface area (Å²) in [6.07, 6.45) is 0. The SMILES string of the molecule is O=[SH](=O)Cc1cc(Br)ccc1F. The van der Waals surface area contributed by atoms with Gasteiger partial charge in [0.25, 0.3) is 0 Å². The van der Waals surface area contributed by atoms with Crippen LogP contribution in [0, 0.1) is 5.82 Å². The second kappa shape index (κ2) is 4.00. The van der Waals surface area contributed by atoms with Gasteiger partial charge in [-0.2, -0.15) is 0 Å². The highest BCUT2D eigenvalue weighted by Gasteiger charge is 2.02. The molecule has 0 heterocycles. The van der Waals surface area contributed by atoms with Crippen molar-refractivity contribution < 1.29 is 12.8 Å². The van der Waals surface area contributed by atoms with Gasteiger partial charge >= 0.3 is 0 Å². The second-order valence-corrected chi connectivity index (χ2v) is 4.12. The minimum Gasteiger partial charge on any atom is -0.232 e. The molecule has 0 atom stereocenters. The van der Waals surface area contributed by atoms with E-state index in [1.807, 2.05) is 0 Å². The van der Waals surface area contributed by atoms with Crippen molar-refractivity contribution in [3.05, 3.63) is 34.1 Å². The fourth-order valence-electron chi connectivity index (χ4n) is 0.804. The van der Waals surface area contributed by atoms with Crippen LogP contribution < -0.4 is 0 Å². The van der Waals surface area contributed by atoms with Crippen molar-refractivity contribution in [3.63, 3.8) is 0 Å². The molecular weight excluding hydrogens is 247 g/mol. The fraction of sp³-hybridized carbons (Fsp3) is 0.143. The monoisotopic (exact) mass is 252 g/mol. The summed E-state index contributed by atoms with van der Waals surface area (Å²) in [4.78, 5) is 0. The standard InChI is InChI=1S/C7H6BrFO2S/c8-6-1-2-7(9)5(3-6)4-12(10)11/h1-3,12H,4H2. The number of hydrogen-bond donors (Lipinski definition) is 1. The molecule has 0 aromatic heterocycles. The highest BCUT2D eigenvalue weighted by molar-refractivity contribution is 9.10. The zero-order chi connectivity index (χ0) is 9.14. The lowest BCUT2D eigenvalue weighted by atomic mass is 10.2. The van der Waals surface area contributed by atoms with Gasteiger partial charge in [-0.25, -0.2) is 12.8 Å². The Morgan fingerprint density at radius 1 is 1.42 bits per heavy atom. The van der Waals surface area contributed by atoms with E-state index in [-0.39, 0.29) is 11.3 Å². The molecule has 0 radical (unpaired) electrons. The molecule has 1 aromatic rings. The van der Waals surface area contributed by atoms with Crippen molar-refractivity contribution in [2.45, 2.75) is 5.75 Å². The molecule has 5 heteroatoms. The molecule has 0 saturated carbocycles. The Morgan fingerprint density at radius 2 is 2.08 bits per heavy atom. The van der Waals surface area contributed by atoms with Crippen LogP contribution in [0.25, 0.3) is 0 Å². The van der Waals surface area contributed by atoms with E-state index in [9.17, 15) is 12.8 Å². The maximum atomic E-state index is 12.8. The summed E-state index contributed by atoms with van der Waals surface area (Å²) in [5, 5.41) is 0. The van der Waals surface area contributed by atoms with E-state index < -0.39 is 16.5 Å². The van der Waals surface area contributed by atoms with Crippen LogP contribution in [0.1, 0.15) is 5.56 Å². The van der Waals surface area contributed by atoms with E-state index in [0.29, 0.717) is 4.47 Å². The minimum absolute atomic E-state index is 0.195. The molecule has 0 N–H and O–H groups in total. The van der Waals surface area contributed by atoms with Crippen LogP contribution in [-0.4, -0.2) is 8.42 Å². The largest absolute Gasteiger partial charge is 0.232 e. The van der Waals surface area contributed by atoms with Crippen LogP contribution in [0.4, 0.5) is 4.39 Å². The molecule has 0 aliphatic heterocycles. The van der Waals surface area contributed by atoms with Gasteiger partial charge in [0.15, 0.2) is 0 Å². The number of hydrogen-bond acceptors (Lipinski definition) is 2. The van der Waals surface area contributed by atoms with Crippen molar-refractivity contribution >= 4 is 26.6 Å². The maximum Gasteiger partial charge on any atom is 0.144 e. The van der Waals surface area contributed by atoms with Crippen molar-refractivity contribution in [1.82, 2.24) is 0 Å². The quantitative estimate of drug-likeness (QED) is 0.814. The van der Waals surface area contributed by atoms with Crippen LogP contribution in [-0.2, 0) is 16.5 Å². The normalized spacial score (nSPS) is 10.6. The summed E-state index contributed by atoms with van der Waals surface area (Å²) < 4.78 is 34.1. The molecule has 1 aromatic carbocycles. The van der Waals surface area contributed by atoms with Crippen LogP contribution in [0.2, 0.25) is 0 Å². The predicted octanol–water partition coefficient (Wildman–Crippen LogP) is 1.70. The summed E-state index contributed by atoms with van der Waals surface area (Å²) in [7, 11) is -2.57. The van der Waals surface area contributed by atoms with Crippen LogP contribution in [0.3, 0.4) is 0 Å². The van der Waals surface area contributed by atoms with Crippen LogP contribution >= 0.6 is 15.9 Å². The average molecular weight is 253 g/mol. The Morgan fingerprint density at radius 3 is 2.67 bits per heavy atom. The van der Waals surface area contributed by atoms with E-state index in [2.05, 4.69) is 15.9 Å². The van der Waals surface area contributed by atoms with Gasteiger partial charge in [-0.05, 0) is 18.2 Å². The fourth-order valence-corrected chi connectivity index (χ4v) is 1.73. The van der Waals surface area contributed by atoms with Gasteiger partial charge in [0, 0.05) is 10.0 Å². The lowest BCUT2D eigenvalue weighted by Gasteiger charge is -1.97. The van der Waals surface area contributed by atoms with Gasteiger partial charge in [0.2, 0.25) is 0 Å². The summed E-state index contributed by atoms with van der Waals surface area (Å²) >= 11 is 3.12. The highest BCUT2D eigenvalue weighted by Crippen LogP contribution is 2.15. The van der Waals surface area contributed by atoms with Gasteiger partial charge in [0.1, 0.15) is 16.5 Å². The summed E-state index contributed by atoms with van der Waals surface area (Å²) in [6, 6.07) is 4.22. The number of benzene rings is 1. The second-order valence-electron chi connectivity index (χ2n) is 2.23. The average Bonchev–Trinajstić information content (AvgIpc) is 1.96. The first-order chi connectivity index (χ1) is 5.59. The molecule has 0 aliphatic rings. The van der Waals surface area contributed by atoms with Crippen molar-refractivity contribution in [3.8, 4) is 0 Å². The lowest BCUT2D eigenvalue weighted by molar-refractivity contribution is 0.600. The van der Waals surface area contributed by atoms with E-state index in [4.69, 9.17) is 0 Å². The Hall–Kier alpha value is -0.420. The van der Waals surface area contributed by atoms with E-state index in [1.165, 1.54) is 18.2 Å². The van der Waals surface area contributed by atoms with Crippen molar-refractivity contribution in [2.75, 3.05) is 0 Å². The number of thiol groups is 1. The minimum atomic E-state index is -2.57. The molecule has 2 nitrogen and oxygen atoms in total. The maximum absolute atomic E-state index is 12.8. The molecule has 0 spiro atoms. The molecule has 0 saturated heterocycles. The first kappa shape index (κ1) is 9.67. The molecule has 1 rings (SSSR count). The van der Waals surface area contributed by atoms with E-state index >= 15 is 0 Å². The Kier molecular flexibility index (Phi) is 3.22. The Labute approximate surface area is 79.5 Å². The third-order valence-electron chi connectivity index (χ3n) is 1.31. The molecule has 0 fully saturated rings. The first-order valence-electron chi connectivity index (χ1n) is 3.15. The van der Waals surface area contributed by atoms with Gasteiger partial charge in [0.05, 0.1) is 5.75 Å². The molecule has 0 unspecified atom stereocenters. The zero-order valence-corrected chi connectivity index (χ0v) is 8.44. The molecule has 0 amide bonds. The van der Waals surface area contributed by atoms with E-state index in [1.54, 1.807) is 0 Å². The van der Waals surface area contributed by atoms with E-state index in [0.717, 1.165) is 0 Å². The molecular formula is C7H6BrFO2S. The molecule has 0 aliphatic carbocycles. The topological polar surface area (TPSA) is 34.1 Å². The molecule has 12 heavy (non-hydrogen) atoms. The highest BCUT2D eigenvalue weighted by atomic mass is 79.9. The lowest BCUT2D eigenvalue weighted by Crippen LogP contribution is -1.91. The summed E-state index contributed by atoms with van der Waals surface area (Å²) in [6.45, 7) is 0. The third-order valence-corrected chi connectivity index (χ3v) is 2.40. The molecule has 66 valence electrons. The number of rotatable bonds is 2. The summed E-state index contributed by atoms with van der Waals surface area (Å²) in [5.41, 5.74) is 0.195. The van der Waals surface area contributed by atoms with Gasteiger partial charge < -0.3 is 0 Å². The summed E-state index contributed by atoms with van der Waals surface area (Å²) in [5.74, 6) is -0.738. The number of halogens is 2. The van der Waals surface area contributed by atoms with Crippen LogP contribution in [0.5, 0.6) is 0 Å². The van der Waals surface area contributed by atoms with Crippen molar-refractivity contribution in [1.29, 1.82) is 0 Å². The van der Waals surface area contributed by atoms with Gasteiger partial charge in [-0.15, -0.1) is 0 Å². The van der Waals surface area contributed by atoms with Crippen LogP contribution in [0.15, 0.2) is 22.7 Å². The van der Waals surface area contributed by atoms with Gasteiger partial charge in [-0.3, -0.25) is 0 Å². The Balaban J connectivity index is 3.05. The van der Waals surface area contributed by atoms with Gasteiger partial charge in [-0.1, -0.05) is 15.9 Å². The smallest absolute Gasteiger partial charge is 0.144 e. The zero-order valence-electron chi connectivity index (χ0n) is 5.96. The Bertz CT molecular complexity index is 354. The predicted molar refractivity (Wildman–Crippen MR) is 48.1 cm³/mol. The van der Waals surface area contributed by atoms with Crippen molar-refractivity contribution in [2.24, 2.45) is 0 Å². The third kappa shape index (κ3) is 2.57.